The number of methoxy groups -OCH3 is 1. The molecule has 0 unspecified atom stereocenters. The van der Waals surface area contributed by atoms with Crippen molar-refractivity contribution < 1.29 is 13.9 Å². The maximum absolute atomic E-state index is 12.6. The number of hydrogen-bond acceptors (Lipinski definition) is 2. The lowest BCUT2D eigenvalue weighted by atomic mass is 10.3. The van der Waals surface area contributed by atoms with Crippen molar-refractivity contribution in [3.05, 3.63) is 28.5 Å². The third kappa shape index (κ3) is 2.69. The number of carbonyl (C=O) groups is 1. The number of amides is 1. The van der Waals surface area contributed by atoms with Gasteiger partial charge in [0.1, 0.15) is 5.82 Å². The fourth-order valence-corrected chi connectivity index (χ4v) is 1.20. The highest BCUT2D eigenvalue weighted by Gasteiger charge is 2.04. The van der Waals surface area contributed by atoms with Crippen molar-refractivity contribution in [2.24, 2.45) is 0 Å². The lowest BCUT2D eigenvalue weighted by Crippen LogP contribution is -2.11. The van der Waals surface area contributed by atoms with Gasteiger partial charge in [0.25, 0.3) is 0 Å². The van der Waals surface area contributed by atoms with E-state index in [0.29, 0.717) is 10.2 Å². The zero-order chi connectivity index (χ0) is 9.84. The van der Waals surface area contributed by atoms with Gasteiger partial charge in [-0.1, -0.05) is 0 Å². The molecule has 0 saturated carbocycles. The quantitative estimate of drug-likeness (QED) is 0.829. The Bertz CT molecular complexity index is 330. The molecule has 0 spiro atoms. The number of halogens is 2. The molecule has 1 rings (SSSR count). The zero-order valence-corrected chi connectivity index (χ0v) is 8.39. The molecule has 1 aromatic carbocycles. The van der Waals surface area contributed by atoms with Crippen LogP contribution in [0.25, 0.3) is 0 Å². The van der Waals surface area contributed by atoms with E-state index in [0.717, 1.165) is 0 Å². The van der Waals surface area contributed by atoms with Crippen LogP contribution in [0, 0.1) is 5.82 Å². The number of carbonyl (C=O) groups excluding carboxylic acids is 1. The van der Waals surface area contributed by atoms with E-state index in [1.807, 2.05) is 0 Å². The van der Waals surface area contributed by atoms with E-state index in [-0.39, 0.29) is 5.82 Å². The van der Waals surface area contributed by atoms with Gasteiger partial charge < -0.3 is 4.74 Å². The van der Waals surface area contributed by atoms with Gasteiger partial charge in [-0.05, 0) is 34.1 Å². The molecule has 0 bridgehead atoms. The summed E-state index contributed by atoms with van der Waals surface area (Å²) in [4.78, 5) is 10.8. The fourth-order valence-electron chi connectivity index (χ4n) is 0.752. The first kappa shape index (κ1) is 9.98. The van der Waals surface area contributed by atoms with E-state index in [1.165, 1.54) is 25.3 Å². The normalized spacial score (nSPS) is 9.46. The Morgan fingerprint density at radius 3 is 2.85 bits per heavy atom. The topological polar surface area (TPSA) is 38.3 Å². The van der Waals surface area contributed by atoms with Crippen molar-refractivity contribution in [3.63, 3.8) is 0 Å². The number of rotatable bonds is 1. The molecule has 0 aromatic heterocycles. The second-order valence-corrected chi connectivity index (χ2v) is 3.10. The van der Waals surface area contributed by atoms with Crippen molar-refractivity contribution in [1.82, 2.24) is 0 Å². The summed E-state index contributed by atoms with van der Waals surface area (Å²) in [6.07, 6.45) is -0.590. The van der Waals surface area contributed by atoms with Gasteiger partial charge >= 0.3 is 6.09 Å². The second kappa shape index (κ2) is 4.23. The summed E-state index contributed by atoms with van der Waals surface area (Å²) in [6, 6.07) is 3.94. The first-order chi connectivity index (χ1) is 6.13. The van der Waals surface area contributed by atoms with Gasteiger partial charge in [-0.3, -0.25) is 5.32 Å². The Morgan fingerprint density at radius 1 is 1.62 bits per heavy atom. The highest BCUT2D eigenvalue weighted by Crippen LogP contribution is 2.22. The Hall–Kier alpha value is -1.10. The molecule has 0 aliphatic heterocycles. The lowest BCUT2D eigenvalue weighted by molar-refractivity contribution is 0.187. The van der Waals surface area contributed by atoms with Gasteiger partial charge in [0.15, 0.2) is 0 Å². The minimum atomic E-state index is -0.590. The first-order valence-electron chi connectivity index (χ1n) is 3.43. The van der Waals surface area contributed by atoms with Crippen molar-refractivity contribution >= 4 is 27.7 Å². The molecule has 13 heavy (non-hydrogen) atoms. The van der Waals surface area contributed by atoms with Crippen LogP contribution in [0.5, 0.6) is 0 Å². The minimum absolute atomic E-state index is 0.373. The van der Waals surface area contributed by atoms with Crippen LogP contribution in [0.15, 0.2) is 22.7 Å². The fraction of sp³-hybridized carbons (Fsp3) is 0.125. The van der Waals surface area contributed by atoms with Crippen LogP contribution in [0.1, 0.15) is 0 Å². The van der Waals surface area contributed by atoms with Crippen molar-refractivity contribution in [1.29, 1.82) is 0 Å². The predicted molar refractivity (Wildman–Crippen MR) is 50.1 cm³/mol. The van der Waals surface area contributed by atoms with Gasteiger partial charge in [0.2, 0.25) is 0 Å². The molecule has 1 aromatic rings. The van der Waals surface area contributed by atoms with Crippen LogP contribution in [0.2, 0.25) is 0 Å². The average Bonchev–Trinajstić information content (AvgIpc) is 2.09. The molecule has 0 aliphatic rings. The van der Waals surface area contributed by atoms with Crippen LogP contribution in [0.3, 0.4) is 0 Å². The van der Waals surface area contributed by atoms with E-state index in [1.54, 1.807) is 0 Å². The van der Waals surface area contributed by atoms with Crippen LogP contribution >= 0.6 is 15.9 Å². The average molecular weight is 248 g/mol. The molecule has 0 heterocycles. The van der Waals surface area contributed by atoms with Crippen molar-refractivity contribution in [2.45, 2.75) is 0 Å². The van der Waals surface area contributed by atoms with Gasteiger partial charge in [-0.25, -0.2) is 9.18 Å². The molecule has 3 nitrogen and oxygen atoms in total. The Labute approximate surface area is 83.0 Å². The predicted octanol–water partition coefficient (Wildman–Crippen LogP) is 2.77. The highest BCUT2D eigenvalue weighted by molar-refractivity contribution is 9.10. The Kier molecular flexibility index (Phi) is 3.25. The molecular formula is C8H7BrFNO2. The van der Waals surface area contributed by atoms with Crippen molar-refractivity contribution in [3.8, 4) is 0 Å². The maximum atomic E-state index is 12.6. The standard InChI is InChI=1S/C8H7BrFNO2/c1-13-8(12)11-7-3-2-5(10)4-6(7)9/h2-4H,1H3,(H,11,12). The van der Waals surface area contributed by atoms with E-state index in [2.05, 4.69) is 26.0 Å². The number of benzene rings is 1. The van der Waals surface area contributed by atoms with Gasteiger partial charge in [0, 0.05) is 4.47 Å². The second-order valence-electron chi connectivity index (χ2n) is 2.24. The van der Waals surface area contributed by atoms with Gasteiger partial charge in [0.05, 0.1) is 12.8 Å². The van der Waals surface area contributed by atoms with Crippen LogP contribution in [-0.4, -0.2) is 13.2 Å². The minimum Gasteiger partial charge on any atom is -0.453 e. The summed E-state index contributed by atoms with van der Waals surface area (Å²) < 4.78 is 17.4. The summed E-state index contributed by atoms with van der Waals surface area (Å²) in [7, 11) is 1.26. The number of nitrogens with one attached hydrogen (secondary N) is 1. The van der Waals surface area contributed by atoms with Crippen LogP contribution < -0.4 is 5.32 Å². The van der Waals surface area contributed by atoms with Crippen molar-refractivity contribution in [2.75, 3.05) is 12.4 Å². The first-order valence-corrected chi connectivity index (χ1v) is 4.23. The molecule has 70 valence electrons. The molecule has 1 N–H and O–H groups in total. The van der Waals surface area contributed by atoms with E-state index in [4.69, 9.17) is 0 Å². The Balaban J connectivity index is 2.83. The van der Waals surface area contributed by atoms with Crippen LogP contribution in [0.4, 0.5) is 14.9 Å². The molecule has 0 radical (unpaired) electrons. The largest absolute Gasteiger partial charge is 0.453 e. The number of hydrogen-bond donors (Lipinski definition) is 1. The smallest absolute Gasteiger partial charge is 0.411 e. The SMILES string of the molecule is COC(=O)Nc1ccc(F)cc1Br. The summed E-state index contributed by atoms with van der Waals surface area (Å²) in [5.41, 5.74) is 0.466. The summed E-state index contributed by atoms with van der Waals surface area (Å²) in [6.45, 7) is 0. The molecule has 0 atom stereocenters. The summed E-state index contributed by atoms with van der Waals surface area (Å²) >= 11 is 3.09. The maximum Gasteiger partial charge on any atom is 0.411 e. The highest BCUT2D eigenvalue weighted by atomic mass is 79.9. The zero-order valence-electron chi connectivity index (χ0n) is 6.80. The molecule has 5 heteroatoms. The van der Waals surface area contributed by atoms with E-state index in [9.17, 15) is 9.18 Å². The Morgan fingerprint density at radius 2 is 2.31 bits per heavy atom. The summed E-state index contributed by atoms with van der Waals surface area (Å²) in [5, 5.41) is 2.41. The molecule has 0 aliphatic carbocycles. The molecule has 0 fully saturated rings. The molecule has 0 saturated heterocycles. The van der Waals surface area contributed by atoms with Gasteiger partial charge in [-0.15, -0.1) is 0 Å². The third-order valence-electron chi connectivity index (χ3n) is 1.35. The lowest BCUT2D eigenvalue weighted by Gasteiger charge is -2.05. The number of anilines is 1. The number of ether oxygens (including phenoxy) is 1. The molecule has 1 amide bonds. The van der Waals surface area contributed by atoms with E-state index < -0.39 is 6.09 Å². The van der Waals surface area contributed by atoms with Crippen LogP contribution in [-0.2, 0) is 4.74 Å². The summed E-state index contributed by atoms with van der Waals surface area (Å²) in [5.74, 6) is -0.373. The van der Waals surface area contributed by atoms with E-state index >= 15 is 0 Å². The monoisotopic (exact) mass is 247 g/mol. The molecular weight excluding hydrogens is 241 g/mol. The third-order valence-corrected chi connectivity index (χ3v) is 2.01. The van der Waals surface area contributed by atoms with Gasteiger partial charge in [-0.2, -0.15) is 0 Å².